The third kappa shape index (κ3) is 5.04. The zero-order valence-electron chi connectivity index (χ0n) is 15.9. The van der Waals surface area contributed by atoms with E-state index >= 15 is 0 Å². The van der Waals surface area contributed by atoms with Crippen LogP contribution >= 0.6 is 23.2 Å². The van der Waals surface area contributed by atoms with Crippen LogP contribution in [0.5, 0.6) is 5.75 Å². The normalized spacial score (nSPS) is 11.0. The van der Waals surface area contributed by atoms with Gasteiger partial charge in [0.1, 0.15) is 33.9 Å². The first-order valence-electron chi connectivity index (χ1n) is 8.63. The number of halogens is 2. The summed E-state index contributed by atoms with van der Waals surface area (Å²) in [6.07, 6.45) is 1.25. The Morgan fingerprint density at radius 1 is 1.23 bits per heavy atom. The van der Waals surface area contributed by atoms with E-state index in [-0.39, 0.29) is 22.0 Å². The Kier molecular flexibility index (Phi) is 6.60. The number of benzene rings is 2. The maximum absolute atomic E-state index is 12.5. The highest BCUT2D eigenvalue weighted by Crippen LogP contribution is 2.32. The van der Waals surface area contributed by atoms with E-state index in [1.54, 1.807) is 24.3 Å². The molecule has 3 aromatic rings. The lowest BCUT2D eigenvalue weighted by Gasteiger charge is -2.09. The molecule has 8 nitrogen and oxygen atoms in total. The second-order valence-electron chi connectivity index (χ2n) is 6.09. The lowest BCUT2D eigenvalue weighted by atomic mass is 10.1. The second kappa shape index (κ2) is 9.34. The number of ether oxygens (including phenoxy) is 1. The van der Waals surface area contributed by atoms with Crippen molar-refractivity contribution in [3.8, 4) is 23.1 Å². The summed E-state index contributed by atoms with van der Waals surface area (Å²) in [5.74, 6) is 0.195. The van der Waals surface area contributed by atoms with Gasteiger partial charge in [-0.05, 0) is 42.5 Å². The fourth-order valence-corrected chi connectivity index (χ4v) is 3.01. The molecule has 0 aliphatic carbocycles. The van der Waals surface area contributed by atoms with Crippen LogP contribution in [0.3, 0.4) is 0 Å². The Labute approximate surface area is 186 Å². The van der Waals surface area contributed by atoms with Crippen LogP contribution in [0.1, 0.15) is 5.76 Å². The van der Waals surface area contributed by atoms with Gasteiger partial charge in [-0.2, -0.15) is 5.26 Å². The molecule has 0 bridgehead atoms. The molecule has 31 heavy (non-hydrogen) atoms. The van der Waals surface area contributed by atoms with Gasteiger partial charge >= 0.3 is 0 Å². The van der Waals surface area contributed by atoms with Crippen molar-refractivity contribution in [2.24, 2.45) is 0 Å². The molecule has 0 spiro atoms. The van der Waals surface area contributed by atoms with E-state index in [0.717, 1.165) is 0 Å². The monoisotopic (exact) mass is 457 g/mol. The molecular weight excluding hydrogens is 445 g/mol. The molecule has 0 aliphatic rings. The first-order valence-corrected chi connectivity index (χ1v) is 9.39. The van der Waals surface area contributed by atoms with Gasteiger partial charge in [0, 0.05) is 22.7 Å². The number of hydrogen-bond acceptors (Lipinski definition) is 6. The predicted molar refractivity (Wildman–Crippen MR) is 116 cm³/mol. The summed E-state index contributed by atoms with van der Waals surface area (Å²) < 4.78 is 10.8. The maximum atomic E-state index is 12.5. The SMILES string of the molecule is COc1ccc(Cl)cc1NC(=O)/C(C#N)=C/c1ccc(-c2ccc(Cl)c([N+](=O)[O-])c2)o1. The molecule has 3 rings (SSSR count). The molecule has 0 unspecified atom stereocenters. The van der Waals surface area contributed by atoms with Crippen molar-refractivity contribution in [1.82, 2.24) is 0 Å². The van der Waals surface area contributed by atoms with E-state index < -0.39 is 10.8 Å². The van der Waals surface area contributed by atoms with Crippen molar-refractivity contribution < 1.29 is 18.9 Å². The average molecular weight is 458 g/mol. The van der Waals surface area contributed by atoms with E-state index in [1.165, 1.54) is 37.5 Å². The zero-order valence-corrected chi connectivity index (χ0v) is 17.4. The number of nitriles is 1. The number of nitrogens with one attached hydrogen (secondary N) is 1. The fourth-order valence-electron chi connectivity index (χ4n) is 2.65. The summed E-state index contributed by atoms with van der Waals surface area (Å²) in [7, 11) is 1.44. The van der Waals surface area contributed by atoms with Crippen LogP contribution in [0, 0.1) is 21.4 Å². The number of carbonyl (C=O) groups is 1. The van der Waals surface area contributed by atoms with Crippen LogP contribution in [-0.2, 0) is 4.79 Å². The highest BCUT2D eigenvalue weighted by Gasteiger charge is 2.17. The minimum Gasteiger partial charge on any atom is -0.495 e. The minimum absolute atomic E-state index is 0.000284. The van der Waals surface area contributed by atoms with Crippen LogP contribution in [0.25, 0.3) is 17.4 Å². The Balaban J connectivity index is 1.86. The van der Waals surface area contributed by atoms with Crippen molar-refractivity contribution >= 4 is 46.6 Å². The molecule has 2 aromatic carbocycles. The molecule has 1 aromatic heterocycles. The predicted octanol–water partition coefficient (Wildman–Crippen LogP) is 5.72. The molecule has 10 heteroatoms. The molecule has 1 heterocycles. The van der Waals surface area contributed by atoms with Crippen molar-refractivity contribution in [3.05, 3.63) is 80.0 Å². The third-order valence-corrected chi connectivity index (χ3v) is 4.67. The summed E-state index contributed by atoms with van der Waals surface area (Å²) in [4.78, 5) is 23.0. The quantitative estimate of drug-likeness (QED) is 0.219. The highest BCUT2D eigenvalue weighted by atomic mass is 35.5. The van der Waals surface area contributed by atoms with Gasteiger partial charge in [0.2, 0.25) is 0 Å². The van der Waals surface area contributed by atoms with Crippen molar-refractivity contribution in [1.29, 1.82) is 5.26 Å². The topological polar surface area (TPSA) is 118 Å². The molecule has 0 saturated heterocycles. The fraction of sp³-hybridized carbons (Fsp3) is 0.0476. The van der Waals surface area contributed by atoms with Gasteiger partial charge in [-0.15, -0.1) is 0 Å². The summed E-state index contributed by atoms with van der Waals surface area (Å²) in [6, 6.07) is 13.8. The van der Waals surface area contributed by atoms with E-state index in [4.69, 9.17) is 32.4 Å². The van der Waals surface area contributed by atoms with Crippen LogP contribution in [0.4, 0.5) is 11.4 Å². The smallest absolute Gasteiger partial charge is 0.288 e. The van der Waals surface area contributed by atoms with Crippen molar-refractivity contribution in [2.45, 2.75) is 0 Å². The number of nitro groups is 1. The number of hydrogen-bond donors (Lipinski definition) is 1. The summed E-state index contributed by atoms with van der Waals surface area (Å²) in [5, 5.41) is 23.4. The summed E-state index contributed by atoms with van der Waals surface area (Å²) in [5.41, 5.74) is 0.224. The van der Waals surface area contributed by atoms with E-state index in [1.807, 2.05) is 6.07 Å². The zero-order chi connectivity index (χ0) is 22.5. The first-order chi connectivity index (χ1) is 14.8. The molecule has 0 fully saturated rings. The van der Waals surface area contributed by atoms with Gasteiger partial charge in [0.25, 0.3) is 11.6 Å². The number of amides is 1. The van der Waals surface area contributed by atoms with E-state index in [9.17, 15) is 20.2 Å². The standard InChI is InChI=1S/C21H13Cl2N3O5/c1-30-20-6-3-14(22)10-17(20)25-21(27)13(11-24)8-15-4-7-19(31-15)12-2-5-16(23)18(9-12)26(28)29/h2-10H,1H3,(H,25,27)/b13-8+. The van der Waals surface area contributed by atoms with E-state index in [0.29, 0.717) is 27.8 Å². The molecular formula is C21H13Cl2N3O5. The Morgan fingerprint density at radius 3 is 2.68 bits per heavy atom. The number of anilines is 1. The van der Waals surface area contributed by atoms with Crippen LogP contribution in [-0.4, -0.2) is 17.9 Å². The lowest BCUT2D eigenvalue weighted by molar-refractivity contribution is -0.384. The number of furan rings is 1. The van der Waals surface area contributed by atoms with Crippen molar-refractivity contribution in [3.63, 3.8) is 0 Å². The maximum Gasteiger partial charge on any atom is 0.288 e. The largest absolute Gasteiger partial charge is 0.495 e. The molecule has 1 N–H and O–H groups in total. The van der Waals surface area contributed by atoms with Gasteiger partial charge in [0.15, 0.2) is 0 Å². The first kappa shape index (κ1) is 21.9. The molecule has 0 aliphatic heterocycles. The average Bonchev–Trinajstić information content (AvgIpc) is 3.21. The molecule has 1 amide bonds. The molecule has 0 saturated carbocycles. The Morgan fingerprint density at radius 2 is 2.00 bits per heavy atom. The Bertz CT molecular complexity index is 1240. The van der Waals surface area contributed by atoms with Gasteiger partial charge in [-0.25, -0.2) is 0 Å². The third-order valence-electron chi connectivity index (χ3n) is 4.12. The number of methoxy groups -OCH3 is 1. The highest BCUT2D eigenvalue weighted by molar-refractivity contribution is 6.32. The number of nitrogens with zero attached hydrogens (tertiary/aromatic N) is 2. The van der Waals surface area contributed by atoms with Crippen LogP contribution < -0.4 is 10.1 Å². The second-order valence-corrected chi connectivity index (χ2v) is 6.94. The van der Waals surface area contributed by atoms with Gasteiger partial charge in [0.05, 0.1) is 17.7 Å². The number of carbonyl (C=O) groups excluding carboxylic acids is 1. The molecule has 156 valence electrons. The summed E-state index contributed by atoms with van der Waals surface area (Å²) >= 11 is 11.8. The minimum atomic E-state index is -0.692. The summed E-state index contributed by atoms with van der Waals surface area (Å²) in [6.45, 7) is 0. The Hall–Kier alpha value is -3.80. The molecule has 0 atom stereocenters. The lowest BCUT2D eigenvalue weighted by Crippen LogP contribution is -2.14. The number of nitro benzene ring substituents is 1. The van der Waals surface area contributed by atoms with Crippen LogP contribution in [0.2, 0.25) is 10.0 Å². The van der Waals surface area contributed by atoms with Gasteiger partial charge in [-0.3, -0.25) is 14.9 Å². The molecule has 0 radical (unpaired) electrons. The van der Waals surface area contributed by atoms with E-state index in [2.05, 4.69) is 5.32 Å². The number of rotatable bonds is 6. The van der Waals surface area contributed by atoms with Gasteiger partial charge in [-0.1, -0.05) is 23.2 Å². The van der Waals surface area contributed by atoms with Crippen LogP contribution in [0.15, 0.2) is 58.5 Å². The van der Waals surface area contributed by atoms with Crippen molar-refractivity contribution in [2.75, 3.05) is 12.4 Å². The van der Waals surface area contributed by atoms with Gasteiger partial charge < -0.3 is 14.5 Å².